The van der Waals surface area contributed by atoms with Crippen LogP contribution in [-0.2, 0) is 9.53 Å². The molecule has 0 aromatic carbocycles. The van der Waals surface area contributed by atoms with Crippen molar-refractivity contribution in [2.24, 2.45) is 11.1 Å². The van der Waals surface area contributed by atoms with Crippen molar-refractivity contribution in [3.8, 4) is 0 Å². The molecule has 7 heteroatoms. The summed E-state index contributed by atoms with van der Waals surface area (Å²) in [5, 5.41) is 0. The van der Waals surface area contributed by atoms with Gasteiger partial charge in [0.25, 0.3) is 0 Å². The zero-order chi connectivity index (χ0) is 13.3. The van der Waals surface area contributed by atoms with Crippen molar-refractivity contribution in [1.29, 1.82) is 0 Å². The van der Waals surface area contributed by atoms with Crippen molar-refractivity contribution < 1.29 is 22.7 Å². The average molecular weight is 254 g/mol. The lowest BCUT2D eigenvalue weighted by atomic mass is 9.87. The highest BCUT2D eigenvalue weighted by atomic mass is 19.4. The van der Waals surface area contributed by atoms with Gasteiger partial charge in [-0.25, -0.2) is 0 Å². The molecule has 0 aromatic heterocycles. The molecule has 1 heterocycles. The van der Waals surface area contributed by atoms with Gasteiger partial charge in [0.05, 0.1) is 12.6 Å². The Morgan fingerprint density at radius 1 is 1.59 bits per heavy atom. The highest BCUT2D eigenvalue weighted by Gasteiger charge is 2.58. The lowest BCUT2D eigenvalue weighted by molar-refractivity contribution is -0.232. The fraction of sp³-hybridized carbons (Fsp3) is 0.900. The third-order valence-electron chi connectivity index (χ3n) is 3.08. The van der Waals surface area contributed by atoms with Gasteiger partial charge in [-0.3, -0.25) is 4.79 Å². The molecule has 0 aromatic rings. The average Bonchev–Trinajstić information content (AvgIpc) is 2.62. The summed E-state index contributed by atoms with van der Waals surface area (Å²) in [4.78, 5) is 12.7. The van der Waals surface area contributed by atoms with Crippen LogP contribution >= 0.6 is 0 Å². The summed E-state index contributed by atoms with van der Waals surface area (Å²) in [6.07, 6.45) is -4.52. The second-order valence-corrected chi connectivity index (χ2v) is 4.51. The van der Waals surface area contributed by atoms with Gasteiger partial charge in [-0.15, -0.1) is 0 Å². The minimum atomic E-state index is -4.38. The first-order chi connectivity index (χ1) is 7.73. The minimum absolute atomic E-state index is 0.0727. The Hall–Kier alpha value is -0.820. The van der Waals surface area contributed by atoms with E-state index in [-0.39, 0.29) is 19.5 Å². The Balaban J connectivity index is 2.83. The second kappa shape index (κ2) is 4.81. The summed E-state index contributed by atoms with van der Waals surface area (Å²) in [5.41, 5.74) is 3.43. The van der Waals surface area contributed by atoms with E-state index in [9.17, 15) is 18.0 Å². The summed E-state index contributed by atoms with van der Waals surface area (Å²) in [6.45, 7) is 0.736. The molecule has 0 unspecified atom stereocenters. The first kappa shape index (κ1) is 14.2. The zero-order valence-corrected chi connectivity index (χ0v) is 9.88. The summed E-state index contributed by atoms with van der Waals surface area (Å²) in [5.74, 6) is -0.452. The van der Waals surface area contributed by atoms with Gasteiger partial charge in [0.1, 0.15) is 5.41 Å². The van der Waals surface area contributed by atoms with Crippen molar-refractivity contribution in [3.05, 3.63) is 0 Å². The predicted octanol–water partition coefficient (Wildman–Crippen LogP) is 0.761. The Morgan fingerprint density at radius 2 is 2.18 bits per heavy atom. The third kappa shape index (κ3) is 2.71. The number of hydrogen-bond donors (Lipinski definition) is 1. The summed E-state index contributed by atoms with van der Waals surface area (Å²) in [6, 6.07) is -0.776. The Kier molecular flexibility index (Phi) is 4.03. The number of rotatable bonds is 3. The van der Waals surface area contributed by atoms with Crippen LogP contribution in [0, 0.1) is 5.41 Å². The molecule has 0 saturated carbocycles. The number of nitrogens with zero attached hydrogens (tertiary/aromatic N) is 1. The van der Waals surface area contributed by atoms with E-state index in [1.54, 1.807) is 0 Å². The van der Waals surface area contributed by atoms with Gasteiger partial charge >= 0.3 is 6.18 Å². The van der Waals surface area contributed by atoms with Crippen LogP contribution in [0.4, 0.5) is 13.2 Å². The van der Waals surface area contributed by atoms with E-state index in [4.69, 9.17) is 5.73 Å². The fourth-order valence-corrected chi connectivity index (χ4v) is 2.06. The summed E-state index contributed by atoms with van der Waals surface area (Å²) >= 11 is 0. The lowest BCUT2D eigenvalue weighted by Gasteiger charge is -2.31. The van der Waals surface area contributed by atoms with Crippen LogP contribution in [0.25, 0.3) is 0 Å². The zero-order valence-electron chi connectivity index (χ0n) is 9.88. The number of ether oxygens (including phenoxy) is 1. The number of nitrogens with two attached hydrogens (primary N) is 1. The van der Waals surface area contributed by atoms with Crippen LogP contribution in [0.1, 0.15) is 13.3 Å². The molecule has 2 N–H and O–H groups in total. The molecule has 2 atom stereocenters. The molecule has 0 radical (unpaired) electrons. The van der Waals surface area contributed by atoms with Crippen molar-refractivity contribution in [2.45, 2.75) is 25.6 Å². The third-order valence-corrected chi connectivity index (χ3v) is 3.08. The number of amides is 1. The first-order valence-corrected chi connectivity index (χ1v) is 5.33. The Bertz CT molecular complexity index is 294. The number of carbonyl (C=O) groups is 1. The smallest absolute Gasteiger partial charge is 0.384 e. The van der Waals surface area contributed by atoms with Crippen LogP contribution in [0.2, 0.25) is 0 Å². The number of methoxy groups -OCH3 is 1. The highest BCUT2D eigenvalue weighted by Crippen LogP contribution is 2.45. The topological polar surface area (TPSA) is 55.6 Å². The molecule has 17 heavy (non-hydrogen) atoms. The van der Waals surface area contributed by atoms with Crippen molar-refractivity contribution in [1.82, 2.24) is 4.90 Å². The maximum absolute atomic E-state index is 13.0. The van der Waals surface area contributed by atoms with Gasteiger partial charge in [-0.1, -0.05) is 0 Å². The van der Waals surface area contributed by atoms with Gasteiger partial charge < -0.3 is 15.4 Å². The minimum Gasteiger partial charge on any atom is -0.384 e. The molecule has 0 bridgehead atoms. The summed E-state index contributed by atoms with van der Waals surface area (Å²) < 4.78 is 43.6. The van der Waals surface area contributed by atoms with Gasteiger partial charge in [0, 0.05) is 20.2 Å². The van der Waals surface area contributed by atoms with E-state index in [0.717, 1.165) is 4.90 Å². The largest absolute Gasteiger partial charge is 0.398 e. The molecule has 1 aliphatic heterocycles. The van der Waals surface area contributed by atoms with Gasteiger partial charge in [0.15, 0.2) is 0 Å². The molecule has 1 amide bonds. The quantitative estimate of drug-likeness (QED) is 0.809. The van der Waals surface area contributed by atoms with Crippen molar-refractivity contribution in [3.63, 3.8) is 0 Å². The molecule has 1 saturated heterocycles. The van der Waals surface area contributed by atoms with Gasteiger partial charge in [-0.2, -0.15) is 13.2 Å². The SMILES string of the molecule is COC[C@@]1(C(F)(F)F)CCN(C(=O)[C@@H](C)N)C1. The highest BCUT2D eigenvalue weighted by molar-refractivity contribution is 5.81. The molecule has 0 spiro atoms. The number of alkyl halides is 3. The first-order valence-electron chi connectivity index (χ1n) is 5.33. The fourth-order valence-electron chi connectivity index (χ4n) is 2.06. The second-order valence-electron chi connectivity index (χ2n) is 4.51. The van der Waals surface area contributed by atoms with E-state index in [0.29, 0.717) is 0 Å². The standard InChI is InChI=1S/C10H17F3N2O2/c1-7(14)8(16)15-4-3-9(5-15,6-17-2)10(11,12)13/h7H,3-6,14H2,1-2H3/t7-,9-/m1/s1. The number of likely N-dealkylation sites (tertiary alicyclic amines) is 1. The van der Waals surface area contributed by atoms with Crippen molar-refractivity contribution >= 4 is 5.91 Å². The Morgan fingerprint density at radius 3 is 2.59 bits per heavy atom. The molecule has 0 aliphatic carbocycles. The van der Waals surface area contributed by atoms with Crippen molar-refractivity contribution in [2.75, 3.05) is 26.8 Å². The van der Waals surface area contributed by atoms with Crippen LogP contribution < -0.4 is 5.73 Å². The molecule has 100 valence electrons. The molecule has 1 fully saturated rings. The normalized spacial score (nSPS) is 27.3. The van der Waals surface area contributed by atoms with Crippen LogP contribution in [0.15, 0.2) is 0 Å². The molecule has 1 rings (SSSR count). The lowest BCUT2D eigenvalue weighted by Crippen LogP contribution is -2.47. The summed E-state index contributed by atoms with van der Waals surface area (Å²) in [7, 11) is 1.23. The van der Waals surface area contributed by atoms with Gasteiger partial charge in [0.2, 0.25) is 5.91 Å². The molecular weight excluding hydrogens is 237 g/mol. The van der Waals surface area contributed by atoms with E-state index >= 15 is 0 Å². The number of carbonyl (C=O) groups excluding carboxylic acids is 1. The maximum Gasteiger partial charge on any atom is 0.398 e. The molecule has 1 aliphatic rings. The van der Waals surface area contributed by atoms with Crippen LogP contribution in [0.3, 0.4) is 0 Å². The van der Waals surface area contributed by atoms with Crippen LogP contribution in [-0.4, -0.2) is 49.8 Å². The van der Waals surface area contributed by atoms with E-state index < -0.39 is 30.1 Å². The van der Waals surface area contributed by atoms with E-state index in [2.05, 4.69) is 4.74 Å². The monoisotopic (exact) mass is 254 g/mol. The number of halogens is 3. The molecule has 4 nitrogen and oxygen atoms in total. The predicted molar refractivity (Wildman–Crippen MR) is 55.2 cm³/mol. The van der Waals surface area contributed by atoms with E-state index in [1.807, 2.05) is 0 Å². The van der Waals surface area contributed by atoms with Gasteiger partial charge in [-0.05, 0) is 13.3 Å². The number of hydrogen-bond acceptors (Lipinski definition) is 3. The maximum atomic E-state index is 13.0. The molecular formula is C10H17F3N2O2. The van der Waals surface area contributed by atoms with Crippen LogP contribution in [0.5, 0.6) is 0 Å². The van der Waals surface area contributed by atoms with E-state index in [1.165, 1.54) is 14.0 Å². The Labute approximate surface area is 97.9 Å².